The molecule has 2 atom stereocenters. The molecule has 0 aliphatic carbocycles. The average Bonchev–Trinajstić information content (AvgIpc) is 3.42. The third kappa shape index (κ3) is 12.5. The Balaban J connectivity index is 0.000000233. The zero-order valence-electron chi connectivity index (χ0n) is 30.1. The molecule has 2 aromatic heterocycles. The molecule has 0 bridgehead atoms. The fourth-order valence-corrected chi connectivity index (χ4v) is 6.83. The number of hydrogen-bond donors (Lipinski definition) is 2. The summed E-state index contributed by atoms with van der Waals surface area (Å²) < 4.78 is 10.8. The van der Waals surface area contributed by atoms with E-state index in [0.29, 0.717) is 32.5 Å². The van der Waals surface area contributed by atoms with Crippen molar-refractivity contribution in [3.05, 3.63) is 119 Å². The number of nitrogens with one attached hydrogen (secondary N) is 2. The summed E-state index contributed by atoms with van der Waals surface area (Å²) in [6.45, 7) is 7.13. The Morgan fingerprint density at radius 2 is 1.33 bits per heavy atom. The normalized spacial score (nSPS) is 15.5. The Hall–Kier alpha value is -4.68. The topological polar surface area (TPSA) is 137 Å². The first-order valence-corrected chi connectivity index (χ1v) is 19.4. The highest BCUT2D eigenvalue weighted by atomic mass is 32.2. The van der Waals surface area contributed by atoms with E-state index in [1.165, 1.54) is 22.9 Å². The van der Waals surface area contributed by atoms with E-state index < -0.39 is 4.75 Å². The SMILES string of the molecule is CCc1ccc(CCOc2ccc(CC(SC)C(=O)NC=O)cc2)nc1.CCc1ccc(CCOc2ccc(CC3(C)SC(=O)NC3=O)cc2)nc1. The number of ether oxygens (including phenoxy) is 2. The van der Waals surface area contributed by atoms with E-state index in [0.717, 1.165) is 71.5 Å². The second-order valence-electron chi connectivity index (χ2n) is 12.3. The molecule has 274 valence electrons. The van der Waals surface area contributed by atoms with Crippen LogP contribution in [0, 0.1) is 0 Å². The highest BCUT2D eigenvalue weighted by Crippen LogP contribution is 2.35. The van der Waals surface area contributed by atoms with Gasteiger partial charge in [0.15, 0.2) is 0 Å². The fourth-order valence-electron chi connectivity index (χ4n) is 5.25. The van der Waals surface area contributed by atoms with Crippen LogP contribution in [0.4, 0.5) is 4.79 Å². The van der Waals surface area contributed by atoms with Crippen molar-refractivity contribution in [3.8, 4) is 11.5 Å². The van der Waals surface area contributed by atoms with Crippen LogP contribution in [0.2, 0.25) is 0 Å². The molecule has 52 heavy (non-hydrogen) atoms. The molecular weight excluding hydrogens is 697 g/mol. The number of pyridine rings is 2. The van der Waals surface area contributed by atoms with Gasteiger partial charge in [0.25, 0.3) is 5.24 Å². The zero-order chi connectivity index (χ0) is 37.3. The standard InChI is InChI=1S/C20H22N2O3S.C20H24N2O3S/c1-3-14-4-7-16(21-13-14)10-11-25-17-8-5-15(6-9-17)12-20(2)18(23)22-19(24)26-20;1-3-15-4-7-17(21-13-15)10-11-25-18-8-5-16(6-9-18)12-19(26-2)20(24)22-14-23/h4-9,13H,3,10-12H2,1-2H3,(H,22,23,24);4-9,13-14,19H,3,10-12H2,1-2H3,(H,22,23,24). The molecule has 5 rings (SSSR count). The van der Waals surface area contributed by atoms with E-state index in [1.807, 2.05) is 79.3 Å². The van der Waals surface area contributed by atoms with Crippen molar-refractivity contribution < 1.29 is 28.7 Å². The van der Waals surface area contributed by atoms with Crippen molar-refractivity contribution in [2.75, 3.05) is 19.5 Å². The van der Waals surface area contributed by atoms with Crippen LogP contribution in [0.15, 0.2) is 85.2 Å². The Labute approximate surface area is 314 Å². The molecule has 10 nitrogen and oxygen atoms in total. The summed E-state index contributed by atoms with van der Waals surface area (Å²) in [7, 11) is 0. The highest BCUT2D eigenvalue weighted by Gasteiger charge is 2.43. The maximum Gasteiger partial charge on any atom is 0.286 e. The number of amides is 4. The lowest BCUT2D eigenvalue weighted by Crippen LogP contribution is -2.35. The molecule has 1 aliphatic heterocycles. The first-order valence-electron chi connectivity index (χ1n) is 17.3. The molecule has 2 unspecified atom stereocenters. The van der Waals surface area contributed by atoms with Crippen LogP contribution < -0.4 is 20.1 Å². The molecule has 1 saturated heterocycles. The summed E-state index contributed by atoms with van der Waals surface area (Å²) in [4.78, 5) is 54.3. The molecule has 4 aromatic rings. The predicted molar refractivity (Wildman–Crippen MR) is 207 cm³/mol. The second kappa shape index (κ2) is 20.4. The molecule has 2 aromatic carbocycles. The Morgan fingerprint density at radius 3 is 1.73 bits per heavy atom. The van der Waals surface area contributed by atoms with E-state index in [9.17, 15) is 19.2 Å². The fraction of sp³-hybridized carbons (Fsp3) is 0.350. The zero-order valence-corrected chi connectivity index (χ0v) is 31.7. The number of benzene rings is 2. The average molecular weight is 743 g/mol. The van der Waals surface area contributed by atoms with Crippen LogP contribution in [0.5, 0.6) is 11.5 Å². The minimum atomic E-state index is -0.740. The summed E-state index contributed by atoms with van der Waals surface area (Å²) in [5.74, 6) is 1.07. The summed E-state index contributed by atoms with van der Waals surface area (Å²) >= 11 is 2.47. The largest absolute Gasteiger partial charge is 0.493 e. The van der Waals surface area contributed by atoms with Gasteiger partial charge in [-0.15, -0.1) is 0 Å². The molecular formula is C40H46N4O6S2. The summed E-state index contributed by atoms with van der Waals surface area (Å²) in [6, 6.07) is 23.6. The Kier molecular flexibility index (Phi) is 15.7. The van der Waals surface area contributed by atoms with E-state index in [4.69, 9.17) is 9.47 Å². The van der Waals surface area contributed by atoms with Gasteiger partial charge < -0.3 is 9.47 Å². The molecule has 0 saturated carbocycles. The Morgan fingerprint density at radius 1 is 0.827 bits per heavy atom. The molecule has 4 amide bonds. The predicted octanol–water partition coefficient (Wildman–Crippen LogP) is 6.36. The van der Waals surface area contributed by atoms with Crippen molar-refractivity contribution in [3.63, 3.8) is 0 Å². The van der Waals surface area contributed by atoms with Gasteiger partial charge in [-0.3, -0.25) is 39.8 Å². The molecule has 1 aliphatic rings. The van der Waals surface area contributed by atoms with Crippen LogP contribution in [-0.2, 0) is 52.9 Å². The minimum Gasteiger partial charge on any atom is -0.493 e. The molecule has 2 N–H and O–H groups in total. The van der Waals surface area contributed by atoms with Gasteiger partial charge in [0.1, 0.15) is 16.2 Å². The van der Waals surface area contributed by atoms with Crippen LogP contribution in [-0.4, -0.2) is 62.9 Å². The number of aryl methyl sites for hydroxylation is 2. The van der Waals surface area contributed by atoms with E-state index in [1.54, 1.807) is 6.92 Å². The number of nitrogens with zero attached hydrogens (tertiary/aromatic N) is 2. The number of carbonyl (C=O) groups is 4. The third-order valence-electron chi connectivity index (χ3n) is 8.44. The third-order valence-corrected chi connectivity index (χ3v) is 10.5. The lowest BCUT2D eigenvalue weighted by Gasteiger charge is -2.18. The molecule has 0 radical (unpaired) electrons. The monoisotopic (exact) mass is 742 g/mol. The number of aromatic nitrogens is 2. The van der Waals surface area contributed by atoms with E-state index in [2.05, 4.69) is 46.6 Å². The van der Waals surface area contributed by atoms with E-state index in [-0.39, 0.29) is 22.3 Å². The second-order valence-corrected chi connectivity index (χ2v) is 14.8. The van der Waals surface area contributed by atoms with Crippen molar-refractivity contribution >= 4 is 47.0 Å². The molecule has 1 fully saturated rings. The van der Waals surface area contributed by atoms with Crippen LogP contribution >= 0.6 is 23.5 Å². The van der Waals surface area contributed by atoms with Gasteiger partial charge in [0, 0.05) is 36.6 Å². The molecule has 12 heteroatoms. The lowest BCUT2D eigenvalue weighted by molar-refractivity contribution is -0.125. The smallest absolute Gasteiger partial charge is 0.286 e. The van der Waals surface area contributed by atoms with Crippen LogP contribution in [0.25, 0.3) is 0 Å². The lowest BCUT2D eigenvalue weighted by atomic mass is 9.99. The quantitative estimate of drug-likeness (QED) is 0.118. The van der Waals surface area contributed by atoms with Crippen molar-refractivity contribution in [1.29, 1.82) is 0 Å². The minimum absolute atomic E-state index is 0.227. The number of rotatable bonds is 17. The first kappa shape index (κ1) is 40.1. The van der Waals surface area contributed by atoms with E-state index >= 15 is 0 Å². The van der Waals surface area contributed by atoms with Crippen molar-refractivity contribution in [2.24, 2.45) is 0 Å². The number of imide groups is 2. The van der Waals surface area contributed by atoms with Crippen molar-refractivity contribution in [1.82, 2.24) is 20.6 Å². The summed E-state index contributed by atoms with van der Waals surface area (Å²) in [5, 5.41) is 3.98. The molecule has 0 spiro atoms. The number of carbonyl (C=O) groups excluding carboxylic acids is 4. The Bertz CT molecular complexity index is 1750. The van der Waals surface area contributed by atoms with Gasteiger partial charge in [-0.25, -0.2) is 0 Å². The van der Waals surface area contributed by atoms with Gasteiger partial charge >= 0.3 is 0 Å². The highest BCUT2D eigenvalue weighted by molar-refractivity contribution is 8.16. The number of thioether (sulfide) groups is 2. The van der Waals surface area contributed by atoms with Gasteiger partial charge in [-0.1, -0.05) is 50.2 Å². The summed E-state index contributed by atoms with van der Waals surface area (Å²) in [5.41, 5.74) is 6.51. The maximum absolute atomic E-state index is 11.9. The first-order chi connectivity index (χ1) is 25.1. The van der Waals surface area contributed by atoms with Gasteiger partial charge in [-0.05, 0) is 109 Å². The summed E-state index contributed by atoms with van der Waals surface area (Å²) in [6.07, 6.45) is 10.7. The molecule has 3 heterocycles. The van der Waals surface area contributed by atoms with Gasteiger partial charge in [0.2, 0.25) is 18.2 Å². The van der Waals surface area contributed by atoms with Gasteiger partial charge in [-0.2, -0.15) is 11.8 Å². The van der Waals surface area contributed by atoms with Crippen LogP contribution in [0.1, 0.15) is 54.4 Å². The number of hydrogen-bond acceptors (Lipinski definition) is 10. The van der Waals surface area contributed by atoms with Gasteiger partial charge in [0.05, 0.1) is 18.5 Å². The van der Waals surface area contributed by atoms with Crippen molar-refractivity contribution in [2.45, 2.75) is 69.3 Å². The van der Waals surface area contributed by atoms with Crippen LogP contribution in [0.3, 0.4) is 0 Å². The maximum atomic E-state index is 11.9.